The first kappa shape index (κ1) is 57.8. The summed E-state index contributed by atoms with van der Waals surface area (Å²) in [6.07, 6.45) is -22.7. The number of aliphatic hydroxyl groups is 14. The first-order valence-corrected chi connectivity index (χ1v) is 27.2. The molecule has 5 aliphatic heterocycles. The number of aliphatic hydroxyl groups excluding tert-OH is 13. The Hall–Kier alpha value is -0.920. The van der Waals surface area contributed by atoms with Gasteiger partial charge in [0.25, 0.3) is 0 Å². The maximum atomic E-state index is 12.1. The van der Waals surface area contributed by atoms with Crippen LogP contribution in [0, 0.1) is 52.3 Å². The minimum atomic E-state index is -1.85. The minimum Gasteiger partial charge on any atom is -0.394 e. The topological polar surface area (TPSA) is 366 Å². The van der Waals surface area contributed by atoms with Gasteiger partial charge in [0.15, 0.2) is 30.9 Å². The van der Waals surface area contributed by atoms with Crippen LogP contribution in [-0.2, 0) is 42.6 Å². The van der Waals surface area contributed by atoms with Gasteiger partial charge in [-0.15, -0.1) is 0 Å². The van der Waals surface area contributed by atoms with Gasteiger partial charge in [-0.05, 0) is 111 Å². The van der Waals surface area contributed by atoms with Crippen molar-refractivity contribution < 1.29 is 114 Å². The van der Waals surface area contributed by atoms with Crippen molar-refractivity contribution in [3.05, 3.63) is 0 Å². The van der Waals surface area contributed by atoms with Crippen molar-refractivity contribution in [2.45, 2.75) is 240 Å². The number of fused-ring (bicyclic) bond motifs is 7. The van der Waals surface area contributed by atoms with Gasteiger partial charge in [0.2, 0.25) is 0 Å². The molecule has 14 N–H and O–H groups in total. The van der Waals surface area contributed by atoms with E-state index in [-0.39, 0.29) is 47.2 Å². The summed E-state index contributed by atoms with van der Waals surface area (Å²) in [5.41, 5.74) is -0.0583. The predicted octanol–water partition coefficient (Wildman–Crippen LogP) is -2.93. The minimum absolute atomic E-state index is 0.0171. The normalized spacial score (nSPS) is 56.0. The number of ether oxygens (including phenoxy) is 9. The third-order valence-corrected chi connectivity index (χ3v) is 20.1. The Morgan fingerprint density at radius 2 is 1.12 bits per heavy atom. The highest BCUT2D eigenvalue weighted by atomic mass is 16.8. The van der Waals surface area contributed by atoms with E-state index in [9.17, 15) is 71.5 Å². The van der Waals surface area contributed by atoms with Gasteiger partial charge in [0, 0.05) is 12.3 Å². The molecule has 5 saturated heterocycles. The Morgan fingerprint density at radius 3 is 1.77 bits per heavy atom. The monoisotopic (exact) mass is 1070 g/mol. The van der Waals surface area contributed by atoms with Crippen molar-refractivity contribution >= 4 is 0 Å². The standard InChI is InChI=1S/C51H86O23/c1-20(19-66-45-39(61)37(59)34(56)29(16-52)69-45)8-13-51(65)21(2)32-28(74-51)15-27-25-7-6-23-14-24(9-11-49(23,4)26(25)10-12-50(27,32)5)68-48-44(73-46-40(62)36(58)33(55)22(3)67-46)42(64)43(31(18-54)71-48)72-47-41(63)38(60)35(57)30(17-53)70-47/h20-48,52-65H,6-19H2,1-5H3/t20-,21-,22+,23+,24-,25+,26-,27-,28-,29+,30+,31+,32-,33+,34+,35+,36-,37-,38-,39+,40-,41+,42-,43+,44+,45+,46-,47-,48+,49-,50-,51+/m0/s1. The SMILES string of the molecule is C[C@@H](CC[C@@]1(O)O[C@H]2C[C@H]3[C@@H]4CC[C@@H]5C[C@@H](O[C@@H]6O[C@H](CO)[C@@H](O[C@@H]7O[C@H](CO)[C@@H](O)[C@H](O)[C@H]7O)[C@H](O)[C@H]6O[C@@H]6O[C@H](C)[C@@H](O)[C@H](O)[C@@H]6O)CC[C@]5(C)[C@H]4CC[C@]3(C)[C@H]2[C@@H]1C)CO[C@@H]1O[C@H](CO)[C@@H](O)[C@H](O)[C@H]1O. The first-order chi connectivity index (χ1) is 35.0. The molecule has 23 nitrogen and oxygen atoms in total. The van der Waals surface area contributed by atoms with E-state index < -0.39 is 155 Å². The lowest BCUT2D eigenvalue weighted by molar-refractivity contribution is -0.390. The lowest BCUT2D eigenvalue weighted by atomic mass is 9.44. The van der Waals surface area contributed by atoms with Crippen molar-refractivity contribution in [1.29, 1.82) is 0 Å². The van der Waals surface area contributed by atoms with Gasteiger partial charge in [-0.2, -0.15) is 0 Å². The zero-order valence-corrected chi connectivity index (χ0v) is 43.1. The van der Waals surface area contributed by atoms with Crippen LogP contribution in [0.2, 0.25) is 0 Å². The summed E-state index contributed by atoms with van der Waals surface area (Å²) in [5.74, 6) is 0.202. The van der Waals surface area contributed by atoms with Crippen LogP contribution in [0.3, 0.4) is 0 Å². The molecule has 0 radical (unpaired) electrons. The van der Waals surface area contributed by atoms with Crippen LogP contribution in [-0.4, -0.2) is 239 Å². The summed E-state index contributed by atoms with van der Waals surface area (Å²) in [4.78, 5) is 0. The molecule has 0 bridgehead atoms. The van der Waals surface area contributed by atoms with E-state index in [1.807, 2.05) is 6.92 Å². The molecule has 9 rings (SSSR count). The quantitative estimate of drug-likeness (QED) is 0.0730. The highest BCUT2D eigenvalue weighted by molar-refractivity contribution is 5.15. The largest absolute Gasteiger partial charge is 0.394 e. The molecule has 0 aromatic carbocycles. The van der Waals surface area contributed by atoms with Gasteiger partial charge >= 0.3 is 0 Å². The smallest absolute Gasteiger partial charge is 0.187 e. The van der Waals surface area contributed by atoms with Crippen molar-refractivity contribution in [2.75, 3.05) is 26.4 Å². The summed E-state index contributed by atoms with van der Waals surface area (Å²) >= 11 is 0. The fourth-order valence-electron chi connectivity index (χ4n) is 15.6. The van der Waals surface area contributed by atoms with Crippen LogP contribution < -0.4 is 0 Å². The van der Waals surface area contributed by atoms with Crippen molar-refractivity contribution in [2.24, 2.45) is 52.3 Å². The van der Waals surface area contributed by atoms with E-state index in [2.05, 4.69) is 20.8 Å². The van der Waals surface area contributed by atoms with E-state index in [1.165, 1.54) is 6.92 Å². The van der Waals surface area contributed by atoms with E-state index >= 15 is 0 Å². The molecular weight excluding hydrogens is 981 g/mol. The second-order valence-electron chi connectivity index (χ2n) is 24.3. The predicted molar refractivity (Wildman–Crippen MR) is 250 cm³/mol. The molecule has 0 amide bonds. The van der Waals surface area contributed by atoms with Gasteiger partial charge in [-0.3, -0.25) is 0 Å². The lowest BCUT2D eigenvalue weighted by Gasteiger charge is -2.61. The van der Waals surface area contributed by atoms with Gasteiger partial charge < -0.3 is 114 Å². The molecule has 23 heteroatoms. The molecule has 9 aliphatic rings. The highest BCUT2D eigenvalue weighted by Crippen LogP contribution is 2.71. The maximum absolute atomic E-state index is 12.1. The molecule has 0 aromatic rings. The number of hydrogen-bond acceptors (Lipinski definition) is 23. The molecule has 0 unspecified atom stereocenters. The number of rotatable bonds is 15. The van der Waals surface area contributed by atoms with Crippen LogP contribution in [0.4, 0.5) is 0 Å². The summed E-state index contributed by atoms with van der Waals surface area (Å²) < 4.78 is 54.5. The van der Waals surface area contributed by atoms with Crippen molar-refractivity contribution in [1.82, 2.24) is 0 Å². The summed E-state index contributed by atoms with van der Waals surface area (Å²) in [7, 11) is 0. The van der Waals surface area contributed by atoms with Crippen LogP contribution >= 0.6 is 0 Å². The molecule has 4 saturated carbocycles. The first-order valence-electron chi connectivity index (χ1n) is 27.2. The molecule has 74 heavy (non-hydrogen) atoms. The third-order valence-electron chi connectivity index (χ3n) is 20.1. The molecule has 32 atom stereocenters. The summed E-state index contributed by atoms with van der Waals surface area (Å²) in [6.45, 7) is 8.49. The summed E-state index contributed by atoms with van der Waals surface area (Å²) in [6, 6.07) is 0. The van der Waals surface area contributed by atoms with Crippen LogP contribution in [0.15, 0.2) is 0 Å². The van der Waals surface area contributed by atoms with Crippen molar-refractivity contribution in [3.63, 3.8) is 0 Å². The van der Waals surface area contributed by atoms with Gasteiger partial charge in [-0.25, -0.2) is 0 Å². The fraction of sp³-hybridized carbons (Fsp3) is 1.00. The van der Waals surface area contributed by atoms with Gasteiger partial charge in [-0.1, -0.05) is 27.7 Å². The van der Waals surface area contributed by atoms with Crippen LogP contribution in [0.5, 0.6) is 0 Å². The molecular formula is C51H86O23. The zero-order valence-electron chi connectivity index (χ0n) is 43.1. The Labute approximate surface area is 431 Å². The van der Waals surface area contributed by atoms with E-state index in [0.717, 1.165) is 38.5 Å². The number of hydrogen-bond donors (Lipinski definition) is 14. The molecule has 9 fully saturated rings. The van der Waals surface area contributed by atoms with Crippen LogP contribution in [0.1, 0.15) is 98.8 Å². The van der Waals surface area contributed by atoms with Gasteiger partial charge in [0.1, 0.15) is 91.6 Å². The molecule has 428 valence electrons. The second-order valence-corrected chi connectivity index (χ2v) is 24.3. The maximum Gasteiger partial charge on any atom is 0.187 e. The molecule has 0 spiro atoms. The molecule has 5 heterocycles. The van der Waals surface area contributed by atoms with E-state index in [0.29, 0.717) is 43.4 Å². The lowest BCUT2D eigenvalue weighted by Crippen LogP contribution is -2.67. The van der Waals surface area contributed by atoms with E-state index in [1.54, 1.807) is 0 Å². The Kier molecular flexibility index (Phi) is 17.6. The second kappa shape index (κ2) is 22.6. The van der Waals surface area contributed by atoms with Crippen molar-refractivity contribution in [3.8, 4) is 0 Å². The molecule has 4 aliphatic carbocycles. The fourth-order valence-corrected chi connectivity index (χ4v) is 15.6. The Bertz CT molecular complexity index is 1850. The highest BCUT2D eigenvalue weighted by Gasteiger charge is 2.68. The van der Waals surface area contributed by atoms with Gasteiger partial charge in [0.05, 0.1) is 44.7 Å². The zero-order chi connectivity index (χ0) is 53.5. The Balaban J connectivity index is 0.833. The molecule has 0 aromatic heterocycles. The van der Waals surface area contributed by atoms with E-state index in [4.69, 9.17) is 42.6 Å². The van der Waals surface area contributed by atoms with Crippen LogP contribution in [0.25, 0.3) is 0 Å². The average molecular weight is 1070 g/mol. The third kappa shape index (κ3) is 10.3. The summed E-state index contributed by atoms with van der Waals surface area (Å²) in [5, 5.41) is 149. The Morgan fingerprint density at radius 1 is 0.554 bits per heavy atom. The average Bonchev–Trinajstić information content (AvgIpc) is 3.82.